The highest BCUT2D eigenvalue weighted by Gasteiger charge is 1.96. The van der Waals surface area contributed by atoms with Gasteiger partial charge in [-0.2, -0.15) is 0 Å². The fraction of sp³-hybridized carbons (Fsp3) is 0.500. The van der Waals surface area contributed by atoms with E-state index in [2.05, 4.69) is 5.32 Å². The molecule has 0 aromatic carbocycles. The Morgan fingerprint density at radius 2 is 2.07 bits per heavy atom. The molecule has 1 unspecified atom stereocenters. The zero-order chi connectivity index (χ0) is 11.0. The van der Waals surface area contributed by atoms with Gasteiger partial charge in [-0.1, -0.05) is 0 Å². The highest BCUT2D eigenvalue weighted by molar-refractivity contribution is 7.84. The van der Waals surface area contributed by atoms with Gasteiger partial charge in [-0.05, 0) is 6.42 Å². The van der Waals surface area contributed by atoms with Gasteiger partial charge in [0.15, 0.2) is 0 Å². The van der Waals surface area contributed by atoms with Crippen LogP contribution in [-0.2, 0) is 20.4 Å². The lowest BCUT2D eigenvalue weighted by molar-refractivity contribution is -0.131. The maximum atomic E-state index is 10.9. The second-order valence-electron chi connectivity index (χ2n) is 2.59. The fourth-order valence-corrected chi connectivity index (χ4v) is 1.24. The molecule has 0 aliphatic carbocycles. The Balaban J connectivity index is 3.55. The first kappa shape index (κ1) is 12.8. The quantitative estimate of drug-likeness (QED) is 0.466. The van der Waals surface area contributed by atoms with Crippen molar-refractivity contribution in [3.8, 4) is 0 Å². The Kier molecular flexibility index (Phi) is 6.65. The van der Waals surface area contributed by atoms with Crippen LogP contribution < -0.4 is 5.32 Å². The van der Waals surface area contributed by atoms with Crippen molar-refractivity contribution >= 4 is 22.7 Å². The van der Waals surface area contributed by atoms with Crippen molar-refractivity contribution in [1.29, 1.82) is 0 Å². The summed E-state index contributed by atoms with van der Waals surface area (Å²) in [6, 6.07) is 0. The van der Waals surface area contributed by atoms with Crippen molar-refractivity contribution in [3.63, 3.8) is 0 Å². The lowest BCUT2D eigenvalue weighted by Crippen LogP contribution is -2.23. The number of hydrogen-bond acceptors (Lipinski definition) is 3. The first-order valence-electron chi connectivity index (χ1n) is 4.01. The number of nitrogens with one attached hydrogen (secondary N) is 1. The van der Waals surface area contributed by atoms with Gasteiger partial charge in [0.2, 0.25) is 5.91 Å². The van der Waals surface area contributed by atoms with Gasteiger partial charge in [-0.3, -0.25) is 9.00 Å². The van der Waals surface area contributed by atoms with Gasteiger partial charge in [0.1, 0.15) is 0 Å². The number of carboxylic acid groups (broad SMARTS) is 1. The molecule has 0 spiro atoms. The molecule has 0 fully saturated rings. The Morgan fingerprint density at radius 1 is 1.43 bits per heavy atom. The Labute approximate surface area is 84.6 Å². The number of aliphatic carboxylic acids is 1. The summed E-state index contributed by atoms with van der Waals surface area (Å²) >= 11 is 0. The highest BCUT2D eigenvalue weighted by Crippen LogP contribution is 1.82. The van der Waals surface area contributed by atoms with Crippen molar-refractivity contribution in [2.75, 3.05) is 18.6 Å². The van der Waals surface area contributed by atoms with Crippen LogP contribution in [0.2, 0.25) is 0 Å². The van der Waals surface area contributed by atoms with E-state index in [-0.39, 0.29) is 0 Å². The molecule has 80 valence electrons. The van der Waals surface area contributed by atoms with Crippen LogP contribution in [0.1, 0.15) is 6.42 Å². The van der Waals surface area contributed by atoms with Crippen LogP contribution in [0.25, 0.3) is 0 Å². The Morgan fingerprint density at radius 3 is 2.57 bits per heavy atom. The molecule has 2 N–H and O–H groups in total. The van der Waals surface area contributed by atoms with Crippen LogP contribution in [0.4, 0.5) is 0 Å². The summed E-state index contributed by atoms with van der Waals surface area (Å²) in [6.07, 6.45) is 3.93. The third-order valence-corrected chi connectivity index (χ3v) is 2.15. The van der Waals surface area contributed by atoms with Gasteiger partial charge in [0, 0.05) is 41.5 Å². The number of amides is 1. The number of carboxylic acids is 1. The Bertz CT molecular complexity index is 262. The number of carbonyl (C=O) groups is 2. The van der Waals surface area contributed by atoms with E-state index in [9.17, 15) is 13.8 Å². The molecule has 0 rings (SSSR count). The molecule has 0 aromatic heterocycles. The van der Waals surface area contributed by atoms with Crippen molar-refractivity contribution in [3.05, 3.63) is 12.2 Å². The summed E-state index contributed by atoms with van der Waals surface area (Å²) in [5, 5.41) is 10.7. The SMILES string of the molecule is CS(=O)CCCNC(=O)/C=C/C(=O)O. The lowest BCUT2D eigenvalue weighted by atomic mass is 10.4. The van der Waals surface area contributed by atoms with Crippen LogP contribution in [0.5, 0.6) is 0 Å². The molecule has 0 aliphatic heterocycles. The minimum Gasteiger partial charge on any atom is -0.478 e. The molecule has 5 nitrogen and oxygen atoms in total. The normalized spacial score (nSPS) is 12.6. The monoisotopic (exact) mass is 219 g/mol. The number of hydrogen-bond donors (Lipinski definition) is 2. The number of rotatable bonds is 6. The smallest absolute Gasteiger partial charge is 0.328 e. The largest absolute Gasteiger partial charge is 0.478 e. The zero-order valence-electron chi connectivity index (χ0n) is 7.86. The molecule has 0 saturated carbocycles. The lowest BCUT2D eigenvalue weighted by Gasteiger charge is -1.99. The minimum atomic E-state index is -1.16. The van der Waals surface area contributed by atoms with Crippen molar-refractivity contribution < 1.29 is 18.9 Å². The third-order valence-electron chi connectivity index (χ3n) is 1.29. The molecule has 0 saturated heterocycles. The molecular weight excluding hydrogens is 206 g/mol. The standard InChI is InChI=1S/C8H13NO4S/c1-14(13)6-2-5-9-7(10)3-4-8(11)12/h3-4H,2,5-6H2,1H3,(H,9,10)(H,11,12)/b4-3+. The molecule has 0 aliphatic rings. The van der Waals surface area contributed by atoms with Crippen LogP contribution in [-0.4, -0.2) is 39.7 Å². The van der Waals surface area contributed by atoms with E-state index < -0.39 is 22.7 Å². The van der Waals surface area contributed by atoms with E-state index in [1.165, 1.54) is 0 Å². The molecule has 1 amide bonds. The summed E-state index contributed by atoms with van der Waals surface area (Å²) in [7, 11) is -0.855. The van der Waals surface area contributed by atoms with Crippen LogP contribution >= 0.6 is 0 Å². The van der Waals surface area contributed by atoms with Gasteiger partial charge in [0.05, 0.1) is 0 Å². The van der Waals surface area contributed by atoms with Crippen LogP contribution in [0.3, 0.4) is 0 Å². The van der Waals surface area contributed by atoms with Gasteiger partial charge < -0.3 is 10.4 Å². The van der Waals surface area contributed by atoms with E-state index in [0.29, 0.717) is 18.7 Å². The maximum absolute atomic E-state index is 10.9. The first-order chi connectivity index (χ1) is 6.52. The second-order valence-corrected chi connectivity index (χ2v) is 4.15. The van der Waals surface area contributed by atoms with Crippen molar-refractivity contribution in [1.82, 2.24) is 5.32 Å². The summed E-state index contributed by atoms with van der Waals surface area (Å²) in [4.78, 5) is 20.9. The maximum Gasteiger partial charge on any atom is 0.328 e. The van der Waals surface area contributed by atoms with E-state index in [1.807, 2.05) is 0 Å². The summed E-state index contributed by atoms with van der Waals surface area (Å²) in [6.45, 7) is 0.405. The molecular formula is C8H13NO4S. The molecule has 1 atom stereocenters. The molecule has 14 heavy (non-hydrogen) atoms. The van der Waals surface area contributed by atoms with E-state index in [4.69, 9.17) is 5.11 Å². The van der Waals surface area contributed by atoms with E-state index >= 15 is 0 Å². The average molecular weight is 219 g/mol. The predicted octanol–water partition coefficient (Wildman–Crippen LogP) is -0.488. The molecule has 6 heteroatoms. The molecule has 0 aromatic rings. The van der Waals surface area contributed by atoms with Gasteiger partial charge >= 0.3 is 5.97 Å². The van der Waals surface area contributed by atoms with Crippen LogP contribution in [0.15, 0.2) is 12.2 Å². The summed E-state index contributed by atoms with van der Waals surface area (Å²) < 4.78 is 10.6. The Hall–Kier alpha value is -1.17. The molecule has 0 radical (unpaired) electrons. The summed E-state index contributed by atoms with van der Waals surface area (Å²) in [5.41, 5.74) is 0. The number of carbonyl (C=O) groups excluding carboxylic acids is 1. The van der Waals surface area contributed by atoms with Gasteiger partial charge in [0.25, 0.3) is 0 Å². The third kappa shape index (κ3) is 8.92. The zero-order valence-corrected chi connectivity index (χ0v) is 8.67. The first-order valence-corrected chi connectivity index (χ1v) is 5.74. The molecule has 0 heterocycles. The van der Waals surface area contributed by atoms with Gasteiger partial charge in [-0.25, -0.2) is 4.79 Å². The van der Waals surface area contributed by atoms with E-state index in [1.54, 1.807) is 6.26 Å². The topological polar surface area (TPSA) is 83.5 Å². The van der Waals surface area contributed by atoms with Gasteiger partial charge in [-0.15, -0.1) is 0 Å². The van der Waals surface area contributed by atoms with Crippen molar-refractivity contribution in [2.45, 2.75) is 6.42 Å². The predicted molar refractivity (Wildman–Crippen MR) is 53.3 cm³/mol. The fourth-order valence-electron chi connectivity index (χ4n) is 0.693. The van der Waals surface area contributed by atoms with E-state index in [0.717, 1.165) is 12.2 Å². The van der Waals surface area contributed by atoms with Crippen molar-refractivity contribution in [2.24, 2.45) is 0 Å². The minimum absolute atomic E-state index is 0.405. The highest BCUT2D eigenvalue weighted by atomic mass is 32.2. The second kappa shape index (κ2) is 7.25. The summed E-state index contributed by atoms with van der Waals surface area (Å²) in [5.74, 6) is -1.08. The average Bonchev–Trinajstić information content (AvgIpc) is 2.08. The molecule has 0 bridgehead atoms. The van der Waals surface area contributed by atoms with Crippen LogP contribution in [0, 0.1) is 0 Å².